The Bertz CT molecular complexity index is 295. The molecule has 0 aliphatic carbocycles. The zero-order chi connectivity index (χ0) is 12.0. The number of rotatable bonds is 5. The van der Waals surface area contributed by atoms with Crippen molar-refractivity contribution >= 4 is 0 Å². The Labute approximate surface area is 84.7 Å². The van der Waals surface area contributed by atoms with Gasteiger partial charge in [-0.15, -0.1) is 0 Å². The van der Waals surface area contributed by atoms with E-state index in [0.29, 0.717) is 6.20 Å². The predicted octanol–water partition coefficient (Wildman–Crippen LogP) is 0.114. The highest BCUT2D eigenvalue weighted by atomic mass is 16.7. The molecule has 0 spiro atoms. The topological polar surface area (TPSA) is 117 Å². The van der Waals surface area contributed by atoms with Crippen molar-refractivity contribution in [2.45, 2.75) is 0 Å². The minimum Gasteiger partial charge on any atom is -0.283 e. The summed E-state index contributed by atoms with van der Waals surface area (Å²) in [6.45, 7) is 0. The van der Waals surface area contributed by atoms with Crippen LogP contribution in [0.2, 0.25) is 0 Å². The molecule has 0 atom stereocenters. The minimum absolute atomic E-state index is 0.660. The number of nitrogens with zero attached hydrogens (tertiary/aromatic N) is 6. The van der Waals surface area contributed by atoms with Gasteiger partial charge in [-0.25, -0.2) is 5.01 Å². The highest BCUT2D eigenvalue weighted by Gasteiger charge is 2.25. The van der Waals surface area contributed by atoms with Crippen LogP contribution in [0.5, 0.6) is 0 Å². The van der Waals surface area contributed by atoms with Crippen LogP contribution in [-0.4, -0.2) is 41.0 Å². The molecule has 0 rings (SSSR count). The molecule has 0 aliphatic rings. The van der Waals surface area contributed by atoms with Gasteiger partial charge in [-0.1, -0.05) is 5.22 Å². The molecule has 0 bridgehead atoms. The molecule has 0 N–H and O–H groups in total. The van der Waals surface area contributed by atoms with Crippen molar-refractivity contribution in [3.8, 4) is 0 Å². The fraction of sp³-hybridized carbons (Fsp3) is 0.600. The normalized spacial score (nSPS) is 9.80. The third-order valence-electron chi connectivity index (χ3n) is 1.04. The van der Waals surface area contributed by atoms with Crippen LogP contribution in [0.4, 0.5) is 0 Å². The first kappa shape index (κ1) is 12.7. The van der Waals surface area contributed by atoms with E-state index in [4.69, 9.17) is 0 Å². The maximum absolute atomic E-state index is 10.2. The Kier molecular flexibility index (Phi) is 4.64. The first-order valence-corrected chi connectivity index (χ1v) is 3.67. The van der Waals surface area contributed by atoms with Gasteiger partial charge in [0.25, 0.3) is 0 Å². The van der Waals surface area contributed by atoms with Crippen LogP contribution in [0.1, 0.15) is 0 Å². The predicted molar refractivity (Wildman–Crippen MR) is 48.4 cm³/mol. The molecule has 0 aromatic rings. The Balaban J connectivity index is 4.69. The average Bonchev–Trinajstić information content (AvgIpc) is 2.09. The van der Waals surface area contributed by atoms with E-state index in [1.807, 2.05) is 0 Å². The van der Waals surface area contributed by atoms with E-state index in [1.165, 1.54) is 12.1 Å². The lowest BCUT2D eigenvalue weighted by Crippen LogP contribution is -2.14. The smallest absolute Gasteiger partial charge is 0.283 e. The molecule has 0 aromatic carbocycles. The molecule has 0 saturated heterocycles. The summed E-state index contributed by atoms with van der Waals surface area (Å²) in [6.07, 6.45) is 0.660. The third kappa shape index (κ3) is 5.13. The van der Waals surface area contributed by atoms with Gasteiger partial charge in [-0.3, -0.25) is 25.2 Å². The van der Waals surface area contributed by atoms with Crippen LogP contribution in [-0.2, 0) is 0 Å². The van der Waals surface area contributed by atoms with Gasteiger partial charge in [-0.05, 0) is 5.22 Å². The van der Waals surface area contributed by atoms with E-state index in [2.05, 4.69) is 10.4 Å². The lowest BCUT2D eigenvalue weighted by atomic mass is 10.7. The first-order chi connectivity index (χ1) is 6.84. The highest BCUT2D eigenvalue weighted by molar-refractivity contribution is 4.77. The molecule has 10 nitrogen and oxygen atoms in total. The van der Waals surface area contributed by atoms with Crippen LogP contribution in [0.25, 0.3) is 0 Å². The van der Waals surface area contributed by atoms with Crippen molar-refractivity contribution in [2.75, 3.05) is 21.1 Å². The molecule has 10 heteroatoms. The summed E-state index contributed by atoms with van der Waals surface area (Å²) in [5, 5.41) is 29.5. The summed E-state index contributed by atoms with van der Waals surface area (Å²) in [4.78, 5) is 18.2. The van der Waals surface area contributed by atoms with E-state index in [9.17, 15) is 20.2 Å². The summed E-state index contributed by atoms with van der Waals surface area (Å²) in [5.41, 5.74) is 0. The average molecular weight is 218 g/mol. The van der Waals surface area contributed by atoms with E-state index in [0.717, 1.165) is 5.01 Å². The fourth-order valence-electron chi connectivity index (χ4n) is 0.497. The molecule has 0 aromatic heterocycles. The van der Waals surface area contributed by atoms with E-state index < -0.39 is 15.7 Å². The van der Waals surface area contributed by atoms with Gasteiger partial charge >= 0.3 is 5.82 Å². The zero-order valence-corrected chi connectivity index (χ0v) is 8.39. The van der Waals surface area contributed by atoms with Crippen molar-refractivity contribution < 1.29 is 9.85 Å². The molecule has 0 amide bonds. The Morgan fingerprint density at radius 1 is 1.13 bits per heavy atom. The summed E-state index contributed by atoms with van der Waals surface area (Å²) in [6, 6.07) is 0. The van der Waals surface area contributed by atoms with Gasteiger partial charge in [0, 0.05) is 21.1 Å². The molecule has 15 heavy (non-hydrogen) atoms. The van der Waals surface area contributed by atoms with Gasteiger partial charge < -0.3 is 0 Å². The number of nitro groups is 2. The monoisotopic (exact) mass is 218 g/mol. The van der Waals surface area contributed by atoms with Crippen molar-refractivity contribution in [1.29, 1.82) is 0 Å². The van der Waals surface area contributed by atoms with Crippen LogP contribution in [0, 0.1) is 20.2 Å². The second-order valence-electron chi connectivity index (χ2n) is 2.60. The second-order valence-corrected chi connectivity index (χ2v) is 2.60. The lowest BCUT2D eigenvalue weighted by molar-refractivity contribution is -0.616. The van der Waals surface area contributed by atoms with Crippen LogP contribution >= 0.6 is 0 Å². The van der Waals surface area contributed by atoms with Gasteiger partial charge in [0.1, 0.15) is 9.85 Å². The van der Waals surface area contributed by atoms with E-state index >= 15 is 0 Å². The summed E-state index contributed by atoms with van der Waals surface area (Å²) in [7, 11) is 4.46. The second kappa shape index (κ2) is 5.47. The van der Waals surface area contributed by atoms with Crippen LogP contribution in [0.15, 0.2) is 22.5 Å². The standard InChI is InChI=1S/C5H10N6O4/c1-8(2)6-7-9(3)4-5(10(12)13)11(14)15/h4H,1-3H3/b7-6+. The SMILES string of the molecule is CN(C)/N=N/N(C)C=C([N+](=O)[O-])[N+](=O)[O-]. The molecule has 0 heterocycles. The molecule has 0 saturated carbocycles. The summed E-state index contributed by atoms with van der Waals surface area (Å²) in [5.74, 6) is -1.17. The van der Waals surface area contributed by atoms with E-state index in [1.54, 1.807) is 14.1 Å². The van der Waals surface area contributed by atoms with Gasteiger partial charge in [0.2, 0.25) is 0 Å². The van der Waals surface area contributed by atoms with Gasteiger partial charge in [0.05, 0.1) is 0 Å². The summed E-state index contributed by atoms with van der Waals surface area (Å²) >= 11 is 0. The minimum atomic E-state index is -1.17. The maximum atomic E-state index is 10.2. The largest absolute Gasteiger partial charge is 0.576 e. The van der Waals surface area contributed by atoms with Gasteiger partial charge in [0.15, 0.2) is 6.20 Å². The van der Waals surface area contributed by atoms with Crippen molar-refractivity contribution in [3.05, 3.63) is 32.2 Å². The molecular weight excluding hydrogens is 208 g/mol. The van der Waals surface area contributed by atoms with Crippen molar-refractivity contribution in [3.63, 3.8) is 0 Å². The Morgan fingerprint density at radius 2 is 1.60 bits per heavy atom. The quantitative estimate of drug-likeness (QED) is 0.367. The Morgan fingerprint density at radius 3 is 1.93 bits per heavy atom. The zero-order valence-electron chi connectivity index (χ0n) is 8.39. The molecule has 0 radical (unpaired) electrons. The molecule has 0 fully saturated rings. The molecule has 0 unspecified atom stereocenters. The maximum Gasteiger partial charge on any atom is 0.576 e. The lowest BCUT2D eigenvalue weighted by Gasteiger charge is -2.04. The van der Waals surface area contributed by atoms with Crippen molar-refractivity contribution in [2.24, 2.45) is 10.4 Å². The molecule has 84 valence electrons. The highest BCUT2D eigenvalue weighted by Crippen LogP contribution is 1.99. The fourth-order valence-corrected chi connectivity index (χ4v) is 0.497. The number of hydrogen-bond donors (Lipinski definition) is 0. The summed E-state index contributed by atoms with van der Waals surface area (Å²) < 4.78 is 0. The Hall–Kier alpha value is -2.26. The molecule has 0 aliphatic heterocycles. The first-order valence-electron chi connectivity index (χ1n) is 3.67. The van der Waals surface area contributed by atoms with Crippen LogP contribution < -0.4 is 0 Å². The van der Waals surface area contributed by atoms with E-state index in [-0.39, 0.29) is 0 Å². The van der Waals surface area contributed by atoms with Crippen molar-refractivity contribution in [1.82, 2.24) is 10.0 Å². The van der Waals surface area contributed by atoms with Gasteiger partial charge in [-0.2, -0.15) is 0 Å². The molecular formula is C5H10N6O4. The number of hydrogen-bond acceptors (Lipinski definition) is 6. The van der Waals surface area contributed by atoms with Crippen LogP contribution in [0.3, 0.4) is 0 Å². The third-order valence-corrected chi connectivity index (χ3v) is 1.04.